The summed E-state index contributed by atoms with van der Waals surface area (Å²) in [4.78, 5) is 3.76. The molecule has 0 aliphatic rings. The van der Waals surface area contributed by atoms with Crippen molar-refractivity contribution < 1.29 is 8.42 Å². The van der Waals surface area contributed by atoms with E-state index in [-0.39, 0.29) is 15.8 Å². The van der Waals surface area contributed by atoms with Crippen molar-refractivity contribution in [1.82, 2.24) is 4.98 Å². The molecule has 1 aromatic carbocycles. The van der Waals surface area contributed by atoms with Crippen LogP contribution >= 0.6 is 11.6 Å². The molecule has 5 nitrogen and oxygen atoms in total. The summed E-state index contributed by atoms with van der Waals surface area (Å²) in [6.45, 7) is 0. The fourth-order valence-corrected chi connectivity index (χ4v) is 2.86. The van der Waals surface area contributed by atoms with Gasteiger partial charge >= 0.3 is 0 Å². The summed E-state index contributed by atoms with van der Waals surface area (Å²) in [7, 11) is -3.94. The smallest absolute Gasteiger partial charge is 0.285 e. The highest BCUT2D eigenvalue weighted by Gasteiger charge is 2.17. The number of nitrogens with two attached hydrogens (primary N) is 1. The molecule has 0 spiro atoms. The van der Waals surface area contributed by atoms with E-state index in [9.17, 15) is 8.42 Å². The minimum Gasteiger partial charge on any atom is -0.382 e. The van der Waals surface area contributed by atoms with E-state index in [1.54, 1.807) is 30.5 Å². The molecule has 0 radical (unpaired) electrons. The lowest BCUT2D eigenvalue weighted by Crippen LogP contribution is -2.16. The van der Waals surface area contributed by atoms with E-state index in [2.05, 4.69) is 9.38 Å². The molecule has 2 aromatic rings. The number of benzene rings is 1. The van der Waals surface area contributed by atoms with Gasteiger partial charge in [-0.3, -0.25) is 4.98 Å². The van der Waals surface area contributed by atoms with E-state index < -0.39 is 10.0 Å². The summed E-state index contributed by atoms with van der Waals surface area (Å²) in [5.41, 5.74) is 6.09. The Morgan fingerprint density at radius 1 is 1.21 bits per heavy atom. The van der Waals surface area contributed by atoms with Gasteiger partial charge in [-0.25, -0.2) is 0 Å². The molecule has 0 saturated heterocycles. The molecule has 7 heteroatoms. The summed E-state index contributed by atoms with van der Waals surface area (Å²) < 4.78 is 27.7. The van der Waals surface area contributed by atoms with Crippen molar-refractivity contribution in [2.24, 2.45) is 10.1 Å². The fraction of sp³-hybridized carbons (Fsp3) is 0. The molecule has 0 atom stereocenters. The van der Waals surface area contributed by atoms with Crippen molar-refractivity contribution in [1.29, 1.82) is 0 Å². The number of hydrogen-bond donors (Lipinski definition) is 1. The Kier molecular flexibility index (Phi) is 3.82. The van der Waals surface area contributed by atoms with Gasteiger partial charge in [0.1, 0.15) is 10.7 Å². The molecule has 2 N–H and O–H groups in total. The number of sulfonamides is 1. The van der Waals surface area contributed by atoms with Crippen molar-refractivity contribution in [2.45, 2.75) is 4.90 Å². The first kappa shape index (κ1) is 13.5. The van der Waals surface area contributed by atoms with Crippen LogP contribution in [0.1, 0.15) is 5.56 Å². The molecule has 0 amide bonds. The van der Waals surface area contributed by atoms with Crippen LogP contribution in [0.3, 0.4) is 0 Å². The van der Waals surface area contributed by atoms with Crippen LogP contribution in [0, 0.1) is 0 Å². The first-order chi connectivity index (χ1) is 9.00. The van der Waals surface area contributed by atoms with Crippen LogP contribution in [0.5, 0.6) is 0 Å². The van der Waals surface area contributed by atoms with Crippen LogP contribution < -0.4 is 5.73 Å². The van der Waals surface area contributed by atoms with Gasteiger partial charge in [0.05, 0.1) is 5.02 Å². The van der Waals surface area contributed by atoms with Crippen molar-refractivity contribution in [2.75, 3.05) is 0 Å². The number of hydrogen-bond acceptors (Lipinski definition) is 3. The monoisotopic (exact) mass is 295 g/mol. The molecular formula is C12H10ClN3O2S. The third kappa shape index (κ3) is 3.10. The van der Waals surface area contributed by atoms with Gasteiger partial charge in [-0.05, 0) is 24.3 Å². The predicted octanol–water partition coefficient (Wildman–Crippen LogP) is 1.83. The lowest BCUT2D eigenvalue weighted by atomic mass is 10.3. The summed E-state index contributed by atoms with van der Waals surface area (Å²) in [5.74, 6) is -0.131. The first-order valence-electron chi connectivity index (χ1n) is 5.26. The highest BCUT2D eigenvalue weighted by molar-refractivity contribution is 7.90. The number of rotatable bonds is 3. The van der Waals surface area contributed by atoms with E-state index >= 15 is 0 Å². The predicted molar refractivity (Wildman–Crippen MR) is 73.6 cm³/mol. The Morgan fingerprint density at radius 3 is 2.58 bits per heavy atom. The second-order valence-corrected chi connectivity index (χ2v) is 5.60. The van der Waals surface area contributed by atoms with E-state index in [0.717, 1.165) is 0 Å². The van der Waals surface area contributed by atoms with Crippen molar-refractivity contribution in [3.8, 4) is 0 Å². The van der Waals surface area contributed by atoms with Crippen LogP contribution in [-0.2, 0) is 10.0 Å². The second-order valence-electron chi connectivity index (χ2n) is 3.62. The van der Waals surface area contributed by atoms with Gasteiger partial charge in [0.15, 0.2) is 0 Å². The van der Waals surface area contributed by atoms with Gasteiger partial charge in [-0.2, -0.15) is 8.42 Å². The zero-order valence-corrected chi connectivity index (χ0v) is 11.3. The fourth-order valence-electron chi connectivity index (χ4n) is 1.40. The number of pyridine rings is 1. The Labute approximate surface area is 115 Å². The van der Waals surface area contributed by atoms with Gasteiger partial charge in [0.25, 0.3) is 10.0 Å². The topological polar surface area (TPSA) is 85.4 Å². The minimum atomic E-state index is -3.94. The molecule has 0 saturated carbocycles. The summed E-state index contributed by atoms with van der Waals surface area (Å²) in [6.07, 6.45) is 2.99. The highest BCUT2D eigenvalue weighted by Crippen LogP contribution is 2.22. The number of nitrogens with zero attached hydrogens (tertiary/aromatic N) is 2. The minimum absolute atomic E-state index is 0.0801. The van der Waals surface area contributed by atoms with Crippen molar-refractivity contribution in [3.63, 3.8) is 0 Å². The largest absolute Gasteiger partial charge is 0.382 e. The number of amidine groups is 1. The van der Waals surface area contributed by atoms with Gasteiger partial charge in [0, 0.05) is 18.0 Å². The number of aromatic nitrogens is 1. The Balaban J connectivity index is 2.45. The summed E-state index contributed by atoms with van der Waals surface area (Å²) in [6, 6.07) is 9.31. The molecule has 2 rings (SSSR count). The van der Waals surface area contributed by atoms with E-state index in [1.165, 1.54) is 18.3 Å². The molecule has 1 heterocycles. The maximum atomic E-state index is 12.1. The molecule has 0 bridgehead atoms. The summed E-state index contributed by atoms with van der Waals surface area (Å²) >= 11 is 5.84. The highest BCUT2D eigenvalue weighted by atomic mass is 35.5. The van der Waals surface area contributed by atoms with Crippen LogP contribution in [0.15, 0.2) is 58.1 Å². The molecule has 0 fully saturated rings. The zero-order valence-electron chi connectivity index (χ0n) is 9.69. The van der Waals surface area contributed by atoms with E-state index in [0.29, 0.717) is 5.56 Å². The number of halogens is 1. The van der Waals surface area contributed by atoms with Gasteiger partial charge in [0.2, 0.25) is 0 Å². The molecule has 0 aliphatic heterocycles. The van der Waals surface area contributed by atoms with E-state index in [1.807, 2.05) is 0 Å². The standard InChI is InChI=1S/C12H10ClN3O2S/c13-10-5-1-2-6-11(10)19(17,18)16-12(14)9-4-3-7-15-8-9/h1-8H,(H2,14,16). The first-order valence-corrected chi connectivity index (χ1v) is 7.08. The van der Waals surface area contributed by atoms with Crippen molar-refractivity contribution >= 4 is 27.5 Å². The Morgan fingerprint density at radius 2 is 1.95 bits per heavy atom. The van der Waals surface area contributed by atoms with Crippen LogP contribution in [0.2, 0.25) is 5.02 Å². The van der Waals surface area contributed by atoms with Gasteiger partial charge in [-0.1, -0.05) is 23.7 Å². The lowest BCUT2D eigenvalue weighted by molar-refractivity contribution is 0.598. The summed E-state index contributed by atoms with van der Waals surface area (Å²) in [5, 5.41) is 0.102. The van der Waals surface area contributed by atoms with E-state index in [4.69, 9.17) is 17.3 Å². The second kappa shape index (κ2) is 5.38. The van der Waals surface area contributed by atoms with Gasteiger partial charge in [-0.15, -0.1) is 4.40 Å². The van der Waals surface area contributed by atoms with Gasteiger partial charge < -0.3 is 5.73 Å². The normalized spacial score (nSPS) is 12.4. The third-order valence-corrected chi connectivity index (χ3v) is 4.08. The average molecular weight is 296 g/mol. The molecular weight excluding hydrogens is 286 g/mol. The quantitative estimate of drug-likeness (QED) is 0.691. The molecule has 19 heavy (non-hydrogen) atoms. The Bertz CT molecular complexity index is 715. The average Bonchev–Trinajstić information content (AvgIpc) is 2.39. The SMILES string of the molecule is NC(=NS(=O)(=O)c1ccccc1Cl)c1cccnc1. The van der Waals surface area contributed by atoms with Crippen LogP contribution in [-0.4, -0.2) is 19.2 Å². The maximum Gasteiger partial charge on any atom is 0.285 e. The lowest BCUT2D eigenvalue weighted by Gasteiger charge is -2.03. The van der Waals surface area contributed by atoms with Crippen LogP contribution in [0.25, 0.3) is 0 Å². The van der Waals surface area contributed by atoms with Crippen LogP contribution in [0.4, 0.5) is 0 Å². The molecule has 0 unspecified atom stereocenters. The maximum absolute atomic E-state index is 12.1. The molecule has 98 valence electrons. The molecule has 1 aromatic heterocycles. The van der Waals surface area contributed by atoms with Crippen molar-refractivity contribution in [3.05, 3.63) is 59.4 Å². The zero-order chi connectivity index (χ0) is 13.9. The third-order valence-electron chi connectivity index (χ3n) is 2.29. The Hall–Kier alpha value is -1.92. The molecule has 0 aliphatic carbocycles.